The third kappa shape index (κ3) is 3.96. The minimum atomic E-state index is 0.420. The Bertz CT molecular complexity index is 631. The van der Waals surface area contributed by atoms with Gasteiger partial charge in [0.15, 0.2) is 0 Å². The van der Waals surface area contributed by atoms with Crippen LogP contribution in [0.5, 0.6) is 6.01 Å². The van der Waals surface area contributed by atoms with Gasteiger partial charge in [0.2, 0.25) is 0 Å². The third-order valence-corrected chi connectivity index (χ3v) is 4.19. The molecule has 0 amide bonds. The molecule has 0 N–H and O–H groups in total. The van der Waals surface area contributed by atoms with E-state index in [9.17, 15) is 0 Å². The zero-order valence-corrected chi connectivity index (χ0v) is 13.8. The van der Waals surface area contributed by atoms with Gasteiger partial charge < -0.3 is 9.64 Å². The van der Waals surface area contributed by atoms with Crippen LogP contribution in [0.1, 0.15) is 17.5 Å². The lowest BCUT2D eigenvalue weighted by Gasteiger charge is -2.25. The maximum atomic E-state index is 5.01. The van der Waals surface area contributed by atoms with E-state index in [0.29, 0.717) is 6.01 Å². The topological polar surface area (TPSA) is 54.4 Å². The van der Waals surface area contributed by atoms with Gasteiger partial charge in [-0.3, -0.25) is 9.88 Å². The average Bonchev–Trinajstić information content (AvgIpc) is 2.82. The van der Waals surface area contributed by atoms with Crippen LogP contribution in [0.15, 0.2) is 30.9 Å². The SMILES string of the molecule is COc1ncc(CN2CCCN(c3ccncc3C)CC2)cn1. The van der Waals surface area contributed by atoms with Crippen molar-refractivity contribution in [3.63, 3.8) is 0 Å². The van der Waals surface area contributed by atoms with Crippen molar-refractivity contribution in [2.45, 2.75) is 19.9 Å². The normalized spacial score (nSPS) is 16.2. The van der Waals surface area contributed by atoms with Crippen LogP contribution >= 0.6 is 0 Å². The first kappa shape index (κ1) is 15.7. The molecule has 1 aliphatic rings. The first-order valence-corrected chi connectivity index (χ1v) is 7.99. The number of hydrogen-bond acceptors (Lipinski definition) is 6. The summed E-state index contributed by atoms with van der Waals surface area (Å²) < 4.78 is 5.01. The highest BCUT2D eigenvalue weighted by Crippen LogP contribution is 2.20. The summed E-state index contributed by atoms with van der Waals surface area (Å²) >= 11 is 0. The molecule has 1 fully saturated rings. The second kappa shape index (κ2) is 7.37. The van der Waals surface area contributed by atoms with Crippen molar-refractivity contribution in [1.29, 1.82) is 0 Å². The van der Waals surface area contributed by atoms with Crippen LogP contribution in [0.4, 0.5) is 5.69 Å². The summed E-state index contributed by atoms with van der Waals surface area (Å²) in [5.41, 5.74) is 3.67. The summed E-state index contributed by atoms with van der Waals surface area (Å²) in [5, 5.41) is 0. The Morgan fingerprint density at radius 1 is 1.09 bits per heavy atom. The lowest BCUT2D eigenvalue weighted by Crippen LogP contribution is -2.30. The van der Waals surface area contributed by atoms with E-state index < -0.39 is 0 Å². The van der Waals surface area contributed by atoms with Crippen molar-refractivity contribution in [3.05, 3.63) is 42.0 Å². The average molecular weight is 313 g/mol. The van der Waals surface area contributed by atoms with Gasteiger partial charge in [-0.15, -0.1) is 0 Å². The molecule has 0 saturated carbocycles. The standard InChI is InChI=1S/C17H23N5O/c1-14-10-18-5-4-16(14)22-7-3-6-21(8-9-22)13-15-11-19-17(23-2)20-12-15/h4-5,10-12H,3,6-9,13H2,1-2H3. The molecule has 122 valence electrons. The Labute approximate surface area is 137 Å². The number of aromatic nitrogens is 3. The second-order valence-corrected chi connectivity index (χ2v) is 5.86. The van der Waals surface area contributed by atoms with Crippen LogP contribution in [0.25, 0.3) is 0 Å². The van der Waals surface area contributed by atoms with Crippen LogP contribution in [0.2, 0.25) is 0 Å². The Morgan fingerprint density at radius 3 is 2.65 bits per heavy atom. The molecule has 1 aliphatic heterocycles. The van der Waals surface area contributed by atoms with Crippen LogP contribution in [0.3, 0.4) is 0 Å². The van der Waals surface area contributed by atoms with Crippen molar-refractivity contribution in [1.82, 2.24) is 19.9 Å². The smallest absolute Gasteiger partial charge is 0.316 e. The van der Waals surface area contributed by atoms with Gasteiger partial charge in [0, 0.05) is 68.8 Å². The Balaban J connectivity index is 1.61. The fourth-order valence-corrected chi connectivity index (χ4v) is 2.98. The molecule has 0 unspecified atom stereocenters. The highest BCUT2D eigenvalue weighted by atomic mass is 16.5. The molecule has 6 nitrogen and oxygen atoms in total. The molecule has 2 aromatic heterocycles. The van der Waals surface area contributed by atoms with Gasteiger partial charge in [0.1, 0.15) is 0 Å². The quantitative estimate of drug-likeness (QED) is 0.859. The van der Waals surface area contributed by atoms with E-state index in [1.54, 1.807) is 7.11 Å². The van der Waals surface area contributed by atoms with Crippen molar-refractivity contribution in [2.75, 3.05) is 38.2 Å². The third-order valence-electron chi connectivity index (χ3n) is 4.19. The summed E-state index contributed by atoms with van der Waals surface area (Å²) in [6.07, 6.45) is 8.66. The molecular formula is C17H23N5O. The minimum absolute atomic E-state index is 0.420. The van der Waals surface area contributed by atoms with Crippen molar-refractivity contribution >= 4 is 5.69 Å². The summed E-state index contributed by atoms with van der Waals surface area (Å²) in [6.45, 7) is 7.25. The van der Waals surface area contributed by atoms with Gasteiger partial charge in [-0.05, 0) is 25.0 Å². The predicted octanol–water partition coefficient (Wildman–Crippen LogP) is 1.90. The summed E-state index contributed by atoms with van der Waals surface area (Å²) in [7, 11) is 1.58. The van der Waals surface area contributed by atoms with Crippen molar-refractivity contribution < 1.29 is 4.74 Å². The van der Waals surface area contributed by atoms with Crippen LogP contribution < -0.4 is 9.64 Å². The number of ether oxygens (including phenoxy) is 1. The molecule has 0 radical (unpaired) electrons. The molecule has 0 spiro atoms. The number of aryl methyl sites for hydroxylation is 1. The summed E-state index contributed by atoms with van der Waals surface area (Å²) in [4.78, 5) is 17.5. The number of hydrogen-bond donors (Lipinski definition) is 0. The summed E-state index contributed by atoms with van der Waals surface area (Å²) in [5.74, 6) is 0. The maximum Gasteiger partial charge on any atom is 0.316 e. The van der Waals surface area contributed by atoms with E-state index in [4.69, 9.17) is 4.74 Å². The lowest BCUT2D eigenvalue weighted by molar-refractivity contribution is 0.284. The van der Waals surface area contributed by atoms with E-state index >= 15 is 0 Å². The van der Waals surface area contributed by atoms with Crippen LogP contribution in [-0.4, -0.2) is 53.1 Å². The number of pyridine rings is 1. The van der Waals surface area contributed by atoms with E-state index in [2.05, 4.69) is 37.7 Å². The Morgan fingerprint density at radius 2 is 1.91 bits per heavy atom. The molecule has 23 heavy (non-hydrogen) atoms. The van der Waals surface area contributed by atoms with Crippen molar-refractivity contribution in [2.24, 2.45) is 0 Å². The Kier molecular flexibility index (Phi) is 5.02. The van der Waals surface area contributed by atoms with E-state index in [0.717, 1.165) is 44.7 Å². The van der Waals surface area contributed by atoms with Gasteiger partial charge >= 0.3 is 6.01 Å². The number of methoxy groups -OCH3 is 1. The molecule has 0 bridgehead atoms. The van der Waals surface area contributed by atoms with Crippen LogP contribution in [-0.2, 0) is 6.54 Å². The van der Waals surface area contributed by atoms with Gasteiger partial charge in [-0.25, -0.2) is 9.97 Å². The first-order valence-electron chi connectivity index (χ1n) is 7.99. The number of nitrogens with zero attached hydrogens (tertiary/aromatic N) is 5. The molecule has 1 saturated heterocycles. The molecule has 3 rings (SSSR count). The zero-order valence-electron chi connectivity index (χ0n) is 13.8. The van der Waals surface area contributed by atoms with Gasteiger partial charge in [0.25, 0.3) is 0 Å². The van der Waals surface area contributed by atoms with Gasteiger partial charge in [0.05, 0.1) is 7.11 Å². The van der Waals surface area contributed by atoms with E-state index in [1.165, 1.54) is 11.3 Å². The minimum Gasteiger partial charge on any atom is -0.467 e. The van der Waals surface area contributed by atoms with E-state index in [1.807, 2.05) is 24.8 Å². The lowest BCUT2D eigenvalue weighted by atomic mass is 10.2. The molecule has 0 atom stereocenters. The highest BCUT2D eigenvalue weighted by molar-refractivity contribution is 5.51. The molecule has 6 heteroatoms. The molecule has 2 aromatic rings. The van der Waals surface area contributed by atoms with Gasteiger partial charge in [-0.1, -0.05) is 0 Å². The first-order chi connectivity index (χ1) is 11.3. The molecule has 3 heterocycles. The molecule has 0 aliphatic carbocycles. The monoisotopic (exact) mass is 313 g/mol. The summed E-state index contributed by atoms with van der Waals surface area (Å²) in [6, 6.07) is 2.53. The van der Waals surface area contributed by atoms with Gasteiger partial charge in [-0.2, -0.15) is 0 Å². The fraction of sp³-hybridized carbons (Fsp3) is 0.471. The molecular weight excluding hydrogens is 290 g/mol. The highest BCUT2D eigenvalue weighted by Gasteiger charge is 2.16. The van der Waals surface area contributed by atoms with E-state index in [-0.39, 0.29) is 0 Å². The Hall–Kier alpha value is -2.21. The predicted molar refractivity (Wildman–Crippen MR) is 89.7 cm³/mol. The number of anilines is 1. The zero-order chi connectivity index (χ0) is 16.1. The number of rotatable bonds is 4. The second-order valence-electron chi connectivity index (χ2n) is 5.86. The fourth-order valence-electron chi connectivity index (χ4n) is 2.98. The largest absolute Gasteiger partial charge is 0.467 e. The van der Waals surface area contributed by atoms with Crippen LogP contribution in [0, 0.1) is 6.92 Å². The maximum absolute atomic E-state index is 5.01. The molecule has 0 aromatic carbocycles. The van der Waals surface area contributed by atoms with Crippen molar-refractivity contribution in [3.8, 4) is 6.01 Å².